The number of hydrogen-bond acceptors (Lipinski definition) is 2. The van der Waals surface area contributed by atoms with Crippen molar-refractivity contribution in [2.75, 3.05) is 7.05 Å². The highest BCUT2D eigenvalue weighted by molar-refractivity contribution is 5.77. The SMILES string of the molecule is C=NC=C=C(/C=N\C)CCCCC. The van der Waals surface area contributed by atoms with E-state index in [9.17, 15) is 0 Å². The van der Waals surface area contributed by atoms with Gasteiger partial charge in [0.25, 0.3) is 0 Å². The van der Waals surface area contributed by atoms with Crippen molar-refractivity contribution in [3.8, 4) is 0 Å². The van der Waals surface area contributed by atoms with Crippen LogP contribution >= 0.6 is 0 Å². The molecule has 0 radical (unpaired) electrons. The molecule has 0 N–H and O–H groups in total. The predicted octanol–water partition coefficient (Wildman–Crippen LogP) is 3.01. The second-order valence-electron chi connectivity index (χ2n) is 2.83. The van der Waals surface area contributed by atoms with E-state index in [0.717, 1.165) is 12.0 Å². The molecular weight excluding hydrogens is 160 g/mol. The standard InChI is InChI=1S/C11H18N2/c1-4-5-6-7-11(10-13-3)8-9-12-2/h9-10H,2,4-7H2,1,3H3/b13-10-. The Morgan fingerprint density at radius 2 is 2.23 bits per heavy atom. The molecule has 0 saturated carbocycles. The highest BCUT2D eigenvalue weighted by atomic mass is 14.6. The quantitative estimate of drug-likeness (QED) is 0.339. The van der Waals surface area contributed by atoms with E-state index in [1.807, 2.05) is 6.21 Å². The summed E-state index contributed by atoms with van der Waals surface area (Å²) in [5, 5.41) is 0. The minimum atomic E-state index is 1.02. The van der Waals surface area contributed by atoms with Crippen molar-refractivity contribution in [2.45, 2.75) is 32.6 Å². The van der Waals surface area contributed by atoms with Crippen LogP contribution in [0.25, 0.3) is 0 Å². The summed E-state index contributed by atoms with van der Waals surface area (Å²) in [5.41, 5.74) is 4.14. The van der Waals surface area contributed by atoms with Gasteiger partial charge in [0.1, 0.15) is 0 Å². The normalized spacial score (nSPS) is 9.69. The molecule has 0 saturated heterocycles. The fraction of sp³-hybridized carbons (Fsp3) is 0.545. The highest BCUT2D eigenvalue weighted by Crippen LogP contribution is 2.05. The average Bonchev–Trinajstić information content (AvgIpc) is 2.14. The van der Waals surface area contributed by atoms with Gasteiger partial charge in [0.15, 0.2) is 0 Å². The number of allylic oxidation sites excluding steroid dienone is 1. The van der Waals surface area contributed by atoms with Crippen molar-refractivity contribution in [1.29, 1.82) is 0 Å². The van der Waals surface area contributed by atoms with E-state index in [1.165, 1.54) is 19.3 Å². The van der Waals surface area contributed by atoms with Gasteiger partial charge in [-0.05, 0) is 19.6 Å². The molecule has 0 atom stereocenters. The molecule has 0 rings (SSSR count). The number of hydrogen-bond donors (Lipinski definition) is 0. The summed E-state index contributed by atoms with van der Waals surface area (Å²) < 4.78 is 0. The molecule has 0 aromatic rings. The van der Waals surface area contributed by atoms with Gasteiger partial charge in [-0.2, -0.15) is 0 Å². The number of rotatable bonds is 6. The fourth-order valence-corrected chi connectivity index (χ4v) is 1.02. The van der Waals surface area contributed by atoms with Crippen LogP contribution in [-0.4, -0.2) is 20.0 Å². The molecule has 13 heavy (non-hydrogen) atoms. The van der Waals surface area contributed by atoms with E-state index in [-0.39, 0.29) is 0 Å². The van der Waals surface area contributed by atoms with Crippen LogP contribution in [0.1, 0.15) is 32.6 Å². The third-order valence-electron chi connectivity index (χ3n) is 1.68. The molecule has 0 amide bonds. The topological polar surface area (TPSA) is 24.7 Å². The molecule has 0 aliphatic rings. The molecule has 0 aliphatic carbocycles. The van der Waals surface area contributed by atoms with Gasteiger partial charge in [0, 0.05) is 18.8 Å². The second-order valence-corrected chi connectivity index (χ2v) is 2.83. The van der Waals surface area contributed by atoms with E-state index in [2.05, 4.69) is 29.4 Å². The zero-order chi connectivity index (χ0) is 9.94. The van der Waals surface area contributed by atoms with Crippen molar-refractivity contribution in [3.05, 3.63) is 17.5 Å². The van der Waals surface area contributed by atoms with Crippen molar-refractivity contribution in [2.24, 2.45) is 9.98 Å². The molecule has 0 heterocycles. The van der Waals surface area contributed by atoms with E-state index in [4.69, 9.17) is 0 Å². The molecule has 0 fully saturated rings. The lowest BCUT2D eigenvalue weighted by Crippen LogP contribution is -1.84. The van der Waals surface area contributed by atoms with Crippen molar-refractivity contribution in [3.63, 3.8) is 0 Å². The van der Waals surface area contributed by atoms with E-state index in [0.29, 0.717) is 0 Å². The van der Waals surface area contributed by atoms with Crippen LogP contribution in [0.2, 0.25) is 0 Å². The lowest BCUT2D eigenvalue weighted by atomic mass is 10.1. The van der Waals surface area contributed by atoms with Crippen molar-refractivity contribution < 1.29 is 0 Å². The lowest BCUT2D eigenvalue weighted by Gasteiger charge is -1.96. The van der Waals surface area contributed by atoms with Crippen LogP contribution in [0.15, 0.2) is 27.5 Å². The third-order valence-corrected chi connectivity index (χ3v) is 1.68. The van der Waals surface area contributed by atoms with Gasteiger partial charge >= 0.3 is 0 Å². The smallest absolute Gasteiger partial charge is 0.0682 e. The maximum Gasteiger partial charge on any atom is 0.0682 e. The van der Waals surface area contributed by atoms with E-state index in [1.54, 1.807) is 13.2 Å². The van der Waals surface area contributed by atoms with Gasteiger partial charge < -0.3 is 0 Å². The monoisotopic (exact) mass is 178 g/mol. The van der Waals surface area contributed by atoms with Gasteiger partial charge in [-0.15, -0.1) is 0 Å². The minimum Gasteiger partial charge on any atom is -0.296 e. The van der Waals surface area contributed by atoms with Crippen LogP contribution < -0.4 is 0 Å². The van der Waals surface area contributed by atoms with Gasteiger partial charge in [-0.25, -0.2) is 0 Å². The zero-order valence-corrected chi connectivity index (χ0v) is 8.58. The van der Waals surface area contributed by atoms with Crippen LogP contribution in [0.5, 0.6) is 0 Å². The number of nitrogens with zero attached hydrogens (tertiary/aromatic N) is 2. The molecule has 2 heteroatoms. The number of aliphatic imine (C=N–C) groups is 2. The predicted molar refractivity (Wildman–Crippen MR) is 59.7 cm³/mol. The molecule has 72 valence electrons. The first-order chi connectivity index (χ1) is 6.35. The Labute approximate surface area is 80.8 Å². The molecular formula is C11H18N2. The molecule has 0 aromatic heterocycles. The first-order valence-corrected chi connectivity index (χ1v) is 4.67. The first-order valence-electron chi connectivity index (χ1n) is 4.67. The Morgan fingerprint density at radius 3 is 2.77 bits per heavy atom. The van der Waals surface area contributed by atoms with Crippen LogP contribution in [0.4, 0.5) is 0 Å². The van der Waals surface area contributed by atoms with E-state index < -0.39 is 0 Å². The third kappa shape index (κ3) is 7.23. The summed E-state index contributed by atoms with van der Waals surface area (Å²) in [6, 6.07) is 0. The van der Waals surface area contributed by atoms with E-state index >= 15 is 0 Å². The van der Waals surface area contributed by atoms with Gasteiger partial charge in [-0.1, -0.05) is 25.5 Å². The summed E-state index contributed by atoms with van der Waals surface area (Å²) in [7, 11) is 1.77. The molecule has 0 unspecified atom stereocenters. The fourth-order valence-electron chi connectivity index (χ4n) is 1.02. The van der Waals surface area contributed by atoms with Gasteiger partial charge in [0.05, 0.1) is 6.20 Å². The zero-order valence-electron chi connectivity index (χ0n) is 8.58. The molecule has 0 bridgehead atoms. The molecule has 0 spiro atoms. The van der Waals surface area contributed by atoms with Crippen LogP contribution in [-0.2, 0) is 0 Å². The summed E-state index contributed by atoms with van der Waals surface area (Å²) in [6.07, 6.45) is 8.12. The van der Waals surface area contributed by atoms with Crippen LogP contribution in [0, 0.1) is 0 Å². The second kappa shape index (κ2) is 8.95. The minimum absolute atomic E-state index is 1.02. The summed E-state index contributed by atoms with van der Waals surface area (Å²) in [4.78, 5) is 7.58. The Balaban J connectivity index is 4.10. The maximum atomic E-state index is 3.96. The molecule has 2 nitrogen and oxygen atoms in total. The maximum absolute atomic E-state index is 3.96. The number of unbranched alkanes of at least 4 members (excludes halogenated alkanes) is 2. The Morgan fingerprint density at radius 1 is 1.46 bits per heavy atom. The largest absolute Gasteiger partial charge is 0.296 e. The lowest BCUT2D eigenvalue weighted by molar-refractivity contribution is 0.723. The Hall–Kier alpha value is -1.14. The highest BCUT2D eigenvalue weighted by Gasteiger charge is 1.91. The van der Waals surface area contributed by atoms with Gasteiger partial charge in [-0.3, -0.25) is 9.98 Å². The van der Waals surface area contributed by atoms with Crippen molar-refractivity contribution in [1.82, 2.24) is 0 Å². The van der Waals surface area contributed by atoms with Crippen molar-refractivity contribution >= 4 is 12.9 Å². The Kier molecular flexibility index (Phi) is 8.17. The molecule has 0 aromatic carbocycles. The summed E-state index contributed by atoms with van der Waals surface area (Å²) in [5.74, 6) is 0. The van der Waals surface area contributed by atoms with Gasteiger partial charge in [0.2, 0.25) is 0 Å². The Bertz CT molecular complexity index is 220. The van der Waals surface area contributed by atoms with Crippen LogP contribution in [0.3, 0.4) is 0 Å². The first kappa shape index (κ1) is 11.9. The summed E-state index contributed by atoms with van der Waals surface area (Å²) in [6.45, 7) is 5.56. The summed E-state index contributed by atoms with van der Waals surface area (Å²) >= 11 is 0. The average molecular weight is 178 g/mol. The molecule has 0 aliphatic heterocycles.